The van der Waals surface area contributed by atoms with E-state index in [0.717, 1.165) is 22.1 Å². The number of furan rings is 1. The zero-order valence-corrected chi connectivity index (χ0v) is 19.8. The molecule has 4 rings (SSSR count). The van der Waals surface area contributed by atoms with Crippen LogP contribution in [0.3, 0.4) is 0 Å². The number of hydrogen-bond donors (Lipinski definition) is 1. The van der Waals surface area contributed by atoms with Crippen LogP contribution in [0.5, 0.6) is 5.75 Å². The Morgan fingerprint density at radius 3 is 2.71 bits per heavy atom. The van der Waals surface area contributed by atoms with Gasteiger partial charge in [0.15, 0.2) is 0 Å². The van der Waals surface area contributed by atoms with E-state index in [-0.39, 0.29) is 37.5 Å². The van der Waals surface area contributed by atoms with Gasteiger partial charge in [-0.3, -0.25) is 4.79 Å². The summed E-state index contributed by atoms with van der Waals surface area (Å²) in [5, 5.41) is 0.878. The average Bonchev–Trinajstić information content (AvgIpc) is 3.31. The van der Waals surface area contributed by atoms with Crippen molar-refractivity contribution in [3.8, 4) is 16.9 Å². The third kappa shape index (κ3) is 6.07. The third-order valence-corrected chi connectivity index (χ3v) is 5.55. The molecule has 0 amide bonds. The summed E-state index contributed by atoms with van der Waals surface area (Å²) in [6, 6.07) is 17.8. The van der Waals surface area contributed by atoms with Gasteiger partial charge in [-0.15, -0.1) is 0 Å². The smallest absolute Gasteiger partial charge is 0.310 e. The van der Waals surface area contributed by atoms with Crippen LogP contribution in [0, 0.1) is 5.82 Å². The molecule has 0 aliphatic rings. The van der Waals surface area contributed by atoms with Crippen LogP contribution in [0.4, 0.5) is 4.39 Å². The number of carbonyl (C=O) groups is 1. The van der Waals surface area contributed by atoms with E-state index < -0.39 is 0 Å². The lowest BCUT2D eigenvalue weighted by Crippen LogP contribution is -2.21. The minimum absolute atomic E-state index is 0.0847. The van der Waals surface area contributed by atoms with Crippen LogP contribution >= 0.6 is 0 Å². The van der Waals surface area contributed by atoms with E-state index in [2.05, 4.69) is 0 Å². The van der Waals surface area contributed by atoms with Gasteiger partial charge in [0, 0.05) is 30.2 Å². The molecule has 1 atom stereocenters. The zero-order valence-electron chi connectivity index (χ0n) is 19.8. The molecule has 0 fully saturated rings. The number of hydrogen-bond acceptors (Lipinski definition) is 6. The predicted octanol–water partition coefficient (Wildman–Crippen LogP) is 5.40. The van der Waals surface area contributed by atoms with E-state index in [1.165, 1.54) is 12.1 Å². The second kappa shape index (κ2) is 11.2. The Labute approximate surface area is 203 Å². The van der Waals surface area contributed by atoms with Crippen LogP contribution in [0.1, 0.15) is 23.6 Å². The molecule has 0 saturated heterocycles. The second-order valence-corrected chi connectivity index (χ2v) is 8.36. The minimum atomic E-state index is -0.357. The highest BCUT2D eigenvalue weighted by Gasteiger charge is 2.15. The van der Waals surface area contributed by atoms with Crippen LogP contribution in [0.15, 0.2) is 71.3 Å². The fourth-order valence-corrected chi connectivity index (χ4v) is 4.01. The highest BCUT2D eigenvalue weighted by Crippen LogP contribution is 2.33. The number of halogens is 1. The SMILES string of the molecule is COCC(C)OC(=O)Cc1ccccc1OCc1cc(-c2cc(F)cc(CN)c2)c2occc2c1. The number of methoxy groups -OCH3 is 1. The maximum atomic E-state index is 14.2. The van der Waals surface area contributed by atoms with E-state index in [1.54, 1.807) is 20.3 Å². The lowest BCUT2D eigenvalue weighted by atomic mass is 9.98. The van der Waals surface area contributed by atoms with Crippen molar-refractivity contribution in [3.05, 3.63) is 89.4 Å². The standard InChI is InChI=1S/C28H28FNO5/c1-18(16-32-2)35-27(31)14-21-5-3-4-6-26(21)34-17-20-10-22-7-8-33-28(22)25(12-20)23-9-19(15-30)11-24(29)13-23/h3-13,18H,14-17,30H2,1-2H3. The topological polar surface area (TPSA) is 83.9 Å². The Bertz CT molecular complexity index is 1320. The largest absolute Gasteiger partial charge is 0.489 e. The Hall–Kier alpha value is -3.68. The normalized spacial score (nSPS) is 12.0. The molecular formula is C28H28FNO5. The first kappa shape index (κ1) is 24.4. The Balaban J connectivity index is 1.56. The second-order valence-electron chi connectivity index (χ2n) is 8.36. The molecule has 6 nitrogen and oxygen atoms in total. The van der Waals surface area contributed by atoms with Gasteiger partial charge >= 0.3 is 5.97 Å². The quantitative estimate of drug-likeness (QED) is 0.308. The van der Waals surface area contributed by atoms with E-state index in [4.69, 9.17) is 24.4 Å². The minimum Gasteiger partial charge on any atom is -0.489 e. The summed E-state index contributed by atoms with van der Waals surface area (Å²) in [6.07, 6.45) is 1.36. The number of benzene rings is 3. The molecule has 4 aromatic rings. The number of ether oxygens (including phenoxy) is 3. The number of nitrogens with two attached hydrogens (primary N) is 1. The van der Waals surface area contributed by atoms with Crippen molar-refractivity contribution in [1.29, 1.82) is 0 Å². The Morgan fingerprint density at radius 2 is 1.91 bits per heavy atom. The van der Waals surface area contributed by atoms with Crippen molar-refractivity contribution in [2.45, 2.75) is 32.6 Å². The fraction of sp³-hybridized carbons (Fsp3) is 0.250. The lowest BCUT2D eigenvalue weighted by molar-refractivity contribution is -0.149. The summed E-state index contributed by atoms with van der Waals surface area (Å²) in [6.45, 7) is 2.60. The highest BCUT2D eigenvalue weighted by molar-refractivity contribution is 5.93. The lowest BCUT2D eigenvalue weighted by Gasteiger charge is -2.15. The molecular weight excluding hydrogens is 449 g/mol. The van der Waals surface area contributed by atoms with Crippen molar-refractivity contribution in [3.63, 3.8) is 0 Å². The molecule has 0 aliphatic carbocycles. The number of esters is 1. The number of rotatable bonds is 10. The number of carbonyl (C=O) groups excluding carboxylic acids is 1. The molecule has 182 valence electrons. The van der Waals surface area contributed by atoms with Gasteiger partial charge in [0.1, 0.15) is 29.9 Å². The van der Waals surface area contributed by atoms with Gasteiger partial charge in [0.05, 0.1) is 19.3 Å². The van der Waals surface area contributed by atoms with Crippen LogP contribution in [-0.4, -0.2) is 25.8 Å². The van der Waals surface area contributed by atoms with Crippen LogP contribution in [-0.2, 0) is 33.8 Å². The van der Waals surface area contributed by atoms with Gasteiger partial charge in [-0.2, -0.15) is 0 Å². The van der Waals surface area contributed by atoms with Crippen molar-refractivity contribution < 1.29 is 27.8 Å². The van der Waals surface area contributed by atoms with Crippen LogP contribution < -0.4 is 10.5 Å². The highest BCUT2D eigenvalue weighted by atomic mass is 19.1. The van der Waals surface area contributed by atoms with Gasteiger partial charge < -0.3 is 24.4 Å². The monoisotopic (exact) mass is 477 g/mol. The van der Waals surface area contributed by atoms with Crippen molar-refractivity contribution in [2.24, 2.45) is 5.73 Å². The maximum Gasteiger partial charge on any atom is 0.310 e. The van der Waals surface area contributed by atoms with Gasteiger partial charge in [-0.1, -0.05) is 18.2 Å². The summed E-state index contributed by atoms with van der Waals surface area (Å²) in [7, 11) is 1.56. The third-order valence-electron chi connectivity index (χ3n) is 5.55. The molecule has 0 aliphatic heterocycles. The molecule has 3 aromatic carbocycles. The number of para-hydroxylation sites is 1. The molecule has 0 spiro atoms. The summed E-state index contributed by atoms with van der Waals surface area (Å²) < 4.78 is 36.4. The van der Waals surface area contributed by atoms with E-state index in [9.17, 15) is 9.18 Å². The molecule has 1 unspecified atom stereocenters. The van der Waals surface area contributed by atoms with Gasteiger partial charge in [-0.05, 0) is 66.1 Å². The predicted molar refractivity (Wildman–Crippen MR) is 131 cm³/mol. The Morgan fingerprint density at radius 1 is 1.09 bits per heavy atom. The molecule has 0 saturated carbocycles. The first-order valence-electron chi connectivity index (χ1n) is 11.4. The first-order chi connectivity index (χ1) is 17.0. The van der Waals surface area contributed by atoms with E-state index >= 15 is 0 Å². The van der Waals surface area contributed by atoms with Gasteiger partial charge in [0.25, 0.3) is 0 Å². The molecule has 1 aromatic heterocycles. The van der Waals surface area contributed by atoms with Crippen LogP contribution in [0.25, 0.3) is 22.1 Å². The summed E-state index contributed by atoms with van der Waals surface area (Å²) in [5.74, 6) is -0.117. The van der Waals surface area contributed by atoms with Crippen LogP contribution in [0.2, 0.25) is 0 Å². The van der Waals surface area contributed by atoms with E-state index in [1.807, 2.05) is 48.5 Å². The first-order valence-corrected chi connectivity index (χ1v) is 11.4. The van der Waals surface area contributed by atoms with Crippen molar-refractivity contribution in [2.75, 3.05) is 13.7 Å². The molecule has 2 N–H and O–H groups in total. The Kier molecular flexibility index (Phi) is 7.80. The molecule has 35 heavy (non-hydrogen) atoms. The summed E-state index contributed by atoms with van der Waals surface area (Å²) in [5.41, 5.74) is 10.1. The van der Waals surface area contributed by atoms with E-state index in [0.29, 0.717) is 29.1 Å². The molecule has 0 bridgehead atoms. The number of fused-ring (bicyclic) bond motifs is 1. The zero-order chi connectivity index (χ0) is 24.8. The molecule has 7 heteroatoms. The average molecular weight is 478 g/mol. The fourth-order valence-electron chi connectivity index (χ4n) is 4.01. The van der Waals surface area contributed by atoms with Gasteiger partial charge in [0.2, 0.25) is 0 Å². The summed E-state index contributed by atoms with van der Waals surface area (Å²) >= 11 is 0. The van der Waals surface area contributed by atoms with Crippen molar-refractivity contribution in [1.82, 2.24) is 0 Å². The summed E-state index contributed by atoms with van der Waals surface area (Å²) in [4.78, 5) is 12.3. The molecule has 1 heterocycles. The van der Waals surface area contributed by atoms with Crippen molar-refractivity contribution >= 4 is 16.9 Å². The molecule has 0 radical (unpaired) electrons. The maximum absolute atomic E-state index is 14.2. The van der Waals surface area contributed by atoms with Gasteiger partial charge in [-0.25, -0.2) is 4.39 Å².